The van der Waals surface area contributed by atoms with Crippen molar-refractivity contribution in [2.75, 3.05) is 12.4 Å². The van der Waals surface area contributed by atoms with E-state index in [1.165, 1.54) is 12.1 Å². The molecule has 4 nitrogen and oxygen atoms in total. The lowest BCUT2D eigenvalue weighted by Crippen LogP contribution is -2.04. The predicted octanol–water partition coefficient (Wildman–Crippen LogP) is 3.45. The number of nitrogens with one attached hydrogen (secondary N) is 1. The van der Waals surface area contributed by atoms with Crippen molar-refractivity contribution in [3.8, 4) is 5.75 Å². The van der Waals surface area contributed by atoms with Crippen molar-refractivity contribution < 1.29 is 9.13 Å². The number of nitrogens with zero attached hydrogens (tertiary/aromatic N) is 2. The van der Waals surface area contributed by atoms with E-state index in [1.54, 1.807) is 23.5 Å². The van der Waals surface area contributed by atoms with E-state index in [4.69, 9.17) is 4.74 Å². The molecule has 2 aromatic heterocycles. The average Bonchev–Trinajstić information content (AvgIpc) is 2.92. The molecule has 0 aliphatic rings. The molecular formula is C14H12FN3OS. The third kappa shape index (κ3) is 2.55. The smallest absolute Gasteiger partial charge is 0.169 e. The predicted molar refractivity (Wildman–Crippen MR) is 77.7 cm³/mol. The second-order valence-corrected chi connectivity index (χ2v) is 5.02. The minimum absolute atomic E-state index is 0.200. The van der Waals surface area contributed by atoms with Crippen molar-refractivity contribution in [2.45, 2.75) is 6.61 Å². The molecule has 0 fully saturated rings. The molecule has 2 heterocycles. The van der Waals surface area contributed by atoms with Crippen LogP contribution in [0.1, 0.15) is 5.82 Å². The van der Waals surface area contributed by atoms with E-state index in [1.807, 2.05) is 18.5 Å². The molecule has 3 aromatic rings. The summed E-state index contributed by atoms with van der Waals surface area (Å²) in [7, 11) is 1.82. The maximum Gasteiger partial charge on any atom is 0.169 e. The van der Waals surface area contributed by atoms with Gasteiger partial charge in [0.15, 0.2) is 5.82 Å². The second-order valence-electron chi connectivity index (χ2n) is 4.12. The molecule has 0 aliphatic heterocycles. The van der Waals surface area contributed by atoms with Gasteiger partial charge in [-0.05, 0) is 23.6 Å². The highest BCUT2D eigenvalue weighted by Gasteiger charge is 2.08. The van der Waals surface area contributed by atoms with Gasteiger partial charge in [0, 0.05) is 13.1 Å². The summed E-state index contributed by atoms with van der Waals surface area (Å²) < 4.78 is 18.6. The van der Waals surface area contributed by atoms with Gasteiger partial charge in [-0.1, -0.05) is 6.07 Å². The molecule has 0 aliphatic carbocycles. The molecule has 0 spiro atoms. The van der Waals surface area contributed by atoms with Crippen LogP contribution in [0, 0.1) is 5.82 Å². The van der Waals surface area contributed by atoms with Crippen molar-refractivity contribution >= 4 is 27.4 Å². The van der Waals surface area contributed by atoms with E-state index >= 15 is 0 Å². The fourth-order valence-electron chi connectivity index (χ4n) is 1.86. The summed E-state index contributed by atoms with van der Waals surface area (Å²) in [6.45, 7) is 0.200. The topological polar surface area (TPSA) is 47.0 Å². The Balaban J connectivity index is 1.83. The Bertz CT molecular complexity index is 744. The third-order valence-electron chi connectivity index (χ3n) is 2.77. The van der Waals surface area contributed by atoms with Crippen LogP contribution in [0.25, 0.3) is 10.2 Å². The SMILES string of the molecule is CNc1nc(COc2cccc(F)c2)nc2sccc12. The van der Waals surface area contributed by atoms with Gasteiger partial charge in [-0.15, -0.1) is 11.3 Å². The number of ether oxygens (including phenoxy) is 1. The quantitative estimate of drug-likeness (QED) is 0.799. The summed E-state index contributed by atoms with van der Waals surface area (Å²) in [6, 6.07) is 7.99. The van der Waals surface area contributed by atoms with E-state index in [-0.39, 0.29) is 12.4 Å². The van der Waals surface area contributed by atoms with E-state index in [0.717, 1.165) is 16.0 Å². The lowest BCUT2D eigenvalue weighted by atomic mass is 10.3. The van der Waals surface area contributed by atoms with Crippen molar-refractivity contribution in [3.63, 3.8) is 0 Å². The Hall–Kier alpha value is -2.21. The zero-order valence-corrected chi connectivity index (χ0v) is 11.6. The zero-order valence-electron chi connectivity index (χ0n) is 10.8. The molecular weight excluding hydrogens is 277 g/mol. The van der Waals surface area contributed by atoms with Crippen LogP contribution in [0.5, 0.6) is 5.75 Å². The van der Waals surface area contributed by atoms with Gasteiger partial charge >= 0.3 is 0 Å². The molecule has 0 saturated carbocycles. The molecule has 3 rings (SSSR count). The van der Waals surface area contributed by atoms with Gasteiger partial charge < -0.3 is 10.1 Å². The fraction of sp³-hybridized carbons (Fsp3) is 0.143. The van der Waals surface area contributed by atoms with Gasteiger partial charge in [-0.25, -0.2) is 14.4 Å². The van der Waals surface area contributed by atoms with Crippen LogP contribution in [-0.2, 0) is 6.61 Å². The van der Waals surface area contributed by atoms with Crippen LogP contribution in [-0.4, -0.2) is 17.0 Å². The summed E-state index contributed by atoms with van der Waals surface area (Å²) in [5.41, 5.74) is 0. The first kappa shape index (κ1) is 12.8. The number of anilines is 1. The van der Waals surface area contributed by atoms with Gasteiger partial charge in [0.2, 0.25) is 0 Å². The Labute approximate surface area is 119 Å². The molecule has 0 unspecified atom stereocenters. The molecule has 0 atom stereocenters. The van der Waals surface area contributed by atoms with Crippen LogP contribution in [0.15, 0.2) is 35.7 Å². The second kappa shape index (κ2) is 5.42. The first-order chi connectivity index (χ1) is 9.76. The number of halogens is 1. The Morgan fingerprint density at radius 3 is 3.00 bits per heavy atom. The highest BCUT2D eigenvalue weighted by molar-refractivity contribution is 7.16. The van der Waals surface area contributed by atoms with Gasteiger partial charge in [-0.3, -0.25) is 0 Å². The molecule has 0 bridgehead atoms. The standard InChI is InChI=1S/C14H12FN3OS/c1-16-13-11-5-6-20-14(11)18-12(17-13)8-19-10-4-2-3-9(15)7-10/h2-7H,8H2,1H3,(H,16,17,18). The largest absolute Gasteiger partial charge is 0.486 e. The molecule has 1 aromatic carbocycles. The Morgan fingerprint density at radius 2 is 2.20 bits per heavy atom. The first-order valence-corrected chi connectivity index (χ1v) is 6.94. The van der Waals surface area contributed by atoms with Crippen molar-refractivity contribution in [3.05, 3.63) is 47.4 Å². The molecule has 102 valence electrons. The summed E-state index contributed by atoms with van der Waals surface area (Å²) in [4.78, 5) is 9.73. The minimum Gasteiger partial charge on any atom is -0.486 e. The molecule has 1 N–H and O–H groups in total. The normalized spacial score (nSPS) is 10.7. The lowest BCUT2D eigenvalue weighted by Gasteiger charge is -2.07. The maximum atomic E-state index is 13.1. The number of hydrogen-bond acceptors (Lipinski definition) is 5. The molecule has 0 amide bonds. The fourth-order valence-corrected chi connectivity index (χ4v) is 2.64. The number of fused-ring (bicyclic) bond motifs is 1. The number of benzene rings is 1. The summed E-state index contributed by atoms with van der Waals surface area (Å²) >= 11 is 1.55. The van der Waals surface area contributed by atoms with Gasteiger partial charge in [0.1, 0.15) is 28.8 Å². The molecule has 0 radical (unpaired) electrons. The highest BCUT2D eigenvalue weighted by Crippen LogP contribution is 2.25. The number of hydrogen-bond donors (Lipinski definition) is 1. The highest BCUT2D eigenvalue weighted by atomic mass is 32.1. The van der Waals surface area contributed by atoms with E-state index in [2.05, 4.69) is 15.3 Å². The van der Waals surface area contributed by atoms with Gasteiger partial charge in [0.05, 0.1) is 5.39 Å². The van der Waals surface area contributed by atoms with Gasteiger partial charge in [0.25, 0.3) is 0 Å². The Kier molecular flexibility index (Phi) is 3.47. The van der Waals surface area contributed by atoms with E-state index < -0.39 is 0 Å². The average molecular weight is 289 g/mol. The van der Waals surface area contributed by atoms with Crippen LogP contribution >= 0.6 is 11.3 Å². The van der Waals surface area contributed by atoms with Crippen LogP contribution in [0.2, 0.25) is 0 Å². The van der Waals surface area contributed by atoms with E-state index in [0.29, 0.717) is 11.6 Å². The third-order valence-corrected chi connectivity index (χ3v) is 3.58. The van der Waals surface area contributed by atoms with Gasteiger partial charge in [-0.2, -0.15) is 0 Å². The Morgan fingerprint density at radius 1 is 1.30 bits per heavy atom. The zero-order chi connectivity index (χ0) is 13.9. The maximum absolute atomic E-state index is 13.1. The lowest BCUT2D eigenvalue weighted by molar-refractivity contribution is 0.295. The number of thiophene rings is 1. The summed E-state index contributed by atoms with van der Waals surface area (Å²) in [5.74, 6) is 1.47. The van der Waals surface area contributed by atoms with Crippen LogP contribution < -0.4 is 10.1 Å². The number of rotatable bonds is 4. The van der Waals surface area contributed by atoms with Crippen molar-refractivity contribution in [2.24, 2.45) is 0 Å². The molecule has 20 heavy (non-hydrogen) atoms. The summed E-state index contributed by atoms with van der Waals surface area (Å²) in [6.07, 6.45) is 0. The molecule has 0 saturated heterocycles. The van der Waals surface area contributed by atoms with Crippen molar-refractivity contribution in [1.29, 1.82) is 0 Å². The van der Waals surface area contributed by atoms with Crippen molar-refractivity contribution in [1.82, 2.24) is 9.97 Å². The van der Waals surface area contributed by atoms with Crippen LogP contribution in [0.3, 0.4) is 0 Å². The van der Waals surface area contributed by atoms with E-state index in [9.17, 15) is 4.39 Å². The van der Waals surface area contributed by atoms with Crippen LogP contribution in [0.4, 0.5) is 10.2 Å². The summed E-state index contributed by atoms with van der Waals surface area (Å²) in [5, 5.41) is 6.01. The molecule has 6 heteroatoms. The monoisotopic (exact) mass is 289 g/mol. The number of aromatic nitrogens is 2. The minimum atomic E-state index is -0.326. The first-order valence-electron chi connectivity index (χ1n) is 6.06.